The minimum atomic E-state index is 0.490. The Morgan fingerprint density at radius 3 is 1.12 bits per heavy atom. The molecule has 0 aromatic heterocycles. The Balaban J connectivity index is 0.000000249. The summed E-state index contributed by atoms with van der Waals surface area (Å²) in [5.41, 5.74) is 5.09. The fourth-order valence-electron chi connectivity index (χ4n) is 6.82. The molecule has 7 rings (SSSR count). The molecule has 0 aliphatic rings. The molecule has 0 amide bonds. The van der Waals surface area contributed by atoms with Crippen molar-refractivity contribution in [3.8, 4) is 28.7 Å². The summed E-state index contributed by atoms with van der Waals surface area (Å²) in [6, 6.07) is 69.5. The van der Waals surface area contributed by atoms with Gasteiger partial charge in [0.2, 0.25) is 0 Å². The van der Waals surface area contributed by atoms with Crippen LogP contribution in [0.1, 0.15) is 92.3 Å². The van der Waals surface area contributed by atoms with Crippen molar-refractivity contribution in [2.45, 2.75) is 125 Å². The highest BCUT2D eigenvalue weighted by atomic mass is 16.5. The van der Waals surface area contributed by atoms with E-state index < -0.39 is 0 Å². The highest BCUT2D eigenvalue weighted by Gasteiger charge is 2.02. The molecule has 0 unspecified atom stereocenters. The van der Waals surface area contributed by atoms with E-state index in [0.29, 0.717) is 30.2 Å². The first kappa shape index (κ1) is 62.8. The summed E-state index contributed by atoms with van der Waals surface area (Å²) < 4.78 is 17.1. The summed E-state index contributed by atoms with van der Waals surface area (Å²) in [6.45, 7) is 28.0. The van der Waals surface area contributed by atoms with Crippen LogP contribution in [0.15, 0.2) is 200 Å². The Morgan fingerprint density at radius 1 is 0.320 bits per heavy atom. The van der Waals surface area contributed by atoms with Gasteiger partial charge in [0.25, 0.3) is 0 Å². The normalized spacial score (nSPS) is 10.5. The Hall–Kier alpha value is -6.46. The van der Waals surface area contributed by atoms with Gasteiger partial charge in [0.15, 0.2) is 0 Å². The van der Waals surface area contributed by atoms with E-state index in [-0.39, 0.29) is 0 Å². The van der Waals surface area contributed by atoms with Crippen molar-refractivity contribution in [3.63, 3.8) is 0 Å². The third-order valence-corrected chi connectivity index (χ3v) is 10.7. The molecule has 0 bridgehead atoms. The van der Waals surface area contributed by atoms with Crippen LogP contribution in [0.5, 0.6) is 28.7 Å². The SMILES string of the molecule is CC(C)NCCCc1ccccc1.CC(C)NCCNc1ccccc1.CC(C)NCCOc1ccccc1.CC(C)NCc1cccc(Oc2ccccc2)c1.CC(C)NCc1cccc(Oc2ccccc2)c1. The molecule has 404 valence electrons. The van der Waals surface area contributed by atoms with Gasteiger partial charge in [-0.15, -0.1) is 0 Å². The maximum absolute atomic E-state index is 5.80. The van der Waals surface area contributed by atoms with E-state index in [0.717, 1.165) is 74.6 Å². The summed E-state index contributed by atoms with van der Waals surface area (Å²) in [5, 5.41) is 20.2. The molecule has 0 aliphatic carbocycles. The lowest BCUT2D eigenvalue weighted by atomic mass is 10.1. The molecule has 6 N–H and O–H groups in total. The molecule has 0 radical (unpaired) electrons. The molecule has 75 heavy (non-hydrogen) atoms. The smallest absolute Gasteiger partial charge is 0.127 e. The second kappa shape index (κ2) is 39.9. The van der Waals surface area contributed by atoms with Crippen LogP contribution >= 0.6 is 0 Å². The van der Waals surface area contributed by atoms with Crippen LogP contribution < -0.4 is 46.1 Å². The van der Waals surface area contributed by atoms with Gasteiger partial charge < -0.3 is 46.1 Å². The van der Waals surface area contributed by atoms with E-state index in [9.17, 15) is 0 Å². The fraction of sp³-hybridized carbons (Fsp3) is 0.364. The first-order chi connectivity index (χ1) is 36.3. The molecular weight excluding hydrogens is 925 g/mol. The fourth-order valence-corrected chi connectivity index (χ4v) is 6.82. The maximum atomic E-state index is 5.80. The predicted octanol–water partition coefficient (Wildman–Crippen LogP) is 14.7. The number of nitrogens with one attached hydrogen (secondary N) is 6. The average molecular weight is 1020 g/mol. The van der Waals surface area contributed by atoms with Crippen LogP contribution in [-0.2, 0) is 19.5 Å². The first-order valence-electron chi connectivity index (χ1n) is 27.2. The molecule has 0 saturated carbocycles. The maximum Gasteiger partial charge on any atom is 0.127 e. The molecule has 0 spiro atoms. The van der Waals surface area contributed by atoms with Crippen molar-refractivity contribution in [2.24, 2.45) is 0 Å². The molecule has 0 heterocycles. The van der Waals surface area contributed by atoms with Crippen molar-refractivity contribution < 1.29 is 14.2 Å². The van der Waals surface area contributed by atoms with Gasteiger partial charge in [0.1, 0.15) is 35.4 Å². The molecule has 0 atom stereocenters. The molecule has 9 nitrogen and oxygen atoms in total. The van der Waals surface area contributed by atoms with Crippen LogP contribution in [0.25, 0.3) is 0 Å². The number of para-hydroxylation sites is 4. The van der Waals surface area contributed by atoms with E-state index in [4.69, 9.17) is 14.2 Å². The van der Waals surface area contributed by atoms with Gasteiger partial charge >= 0.3 is 0 Å². The predicted molar refractivity (Wildman–Crippen MR) is 321 cm³/mol. The highest BCUT2D eigenvalue weighted by molar-refractivity contribution is 5.42. The molecule has 0 saturated heterocycles. The number of rotatable bonds is 25. The van der Waals surface area contributed by atoms with Crippen molar-refractivity contribution in [2.75, 3.05) is 38.1 Å². The van der Waals surface area contributed by atoms with Crippen LogP contribution in [-0.4, -0.2) is 63.0 Å². The number of benzene rings is 7. The summed E-state index contributed by atoms with van der Waals surface area (Å²) in [7, 11) is 0. The Morgan fingerprint density at radius 2 is 0.680 bits per heavy atom. The number of aryl methyl sites for hydroxylation is 1. The highest BCUT2D eigenvalue weighted by Crippen LogP contribution is 2.23. The van der Waals surface area contributed by atoms with E-state index in [1.54, 1.807) is 0 Å². The van der Waals surface area contributed by atoms with Crippen LogP contribution in [0.4, 0.5) is 5.69 Å². The third-order valence-electron chi connectivity index (χ3n) is 10.7. The van der Waals surface area contributed by atoms with Crippen molar-refractivity contribution >= 4 is 5.69 Å². The Labute approximate surface area is 453 Å². The molecule has 9 heteroatoms. The van der Waals surface area contributed by atoms with Gasteiger partial charge in [-0.25, -0.2) is 0 Å². The number of anilines is 1. The van der Waals surface area contributed by atoms with Gasteiger partial charge in [0, 0.05) is 68.6 Å². The molecule has 0 aliphatic heterocycles. The molecule has 7 aromatic rings. The zero-order valence-electron chi connectivity index (χ0n) is 47.0. The van der Waals surface area contributed by atoms with Gasteiger partial charge in [-0.05, 0) is 109 Å². The topological polar surface area (TPSA) is 99.9 Å². The minimum absolute atomic E-state index is 0.490. The number of ether oxygens (including phenoxy) is 3. The quantitative estimate of drug-likeness (QED) is 0.0313. The third kappa shape index (κ3) is 33.9. The van der Waals surface area contributed by atoms with Gasteiger partial charge in [-0.2, -0.15) is 0 Å². The summed E-state index contributed by atoms with van der Waals surface area (Å²) in [5.74, 6) is 4.43. The van der Waals surface area contributed by atoms with Crippen molar-refractivity contribution in [1.29, 1.82) is 0 Å². The molecule has 0 fully saturated rings. The van der Waals surface area contributed by atoms with Gasteiger partial charge in [-0.1, -0.05) is 197 Å². The largest absolute Gasteiger partial charge is 0.492 e. The standard InChI is InChI=1S/2C16H19NO.C12H19N.C11H18N2.C11H17NO/c2*1-13(2)17-12-14-7-6-10-16(11-14)18-15-8-4-3-5-9-15;1-11(2)13-10-6-9-12-7-4-3-5-8-12;2*1-10(2)12-8-9-13-11-6-4-3-5-7-11/h2*3-11,13,17H,12H2,1-2H3;3-5,7-8,11,13H,6,9-10H2,1-2H3;3-7,10,12-13H,8-9H2,1-2H3;3-7,10,12H,8-9H2,1-2H3. The Kier molecular flexibility index (Phi) is 33.5. The first-order valence-corrected chi connectivity index (χ1v) is 27.2. The second-order valence-electron chi connectivity index (χ2n) is 19.6. The van der Waals surface area contributed by atoms with Crippen LogP contribution in [0, 0.1) is 0 Å². The molecule has 7 aromatic carbocycles. The summed E-state index contributed by atoms with van der Waals surface area (Å²) in [4.78, 5) is 0. The zero-order chi connectivity index (χ0) is 54.1. The second-order valence-corrected chi connectivity index (χ2v) is 19.6. The van der Waals surface area contributed by atoms with Crippen molar-refractivity contribution in [1.82, 2.24) is 26.6 Å². The van der Waals surface area contributed by atoms with Crippen LogP contribution in [0.3, 0.4) is 0 Å². The summed E-state index contributed by atoms with van der Waals surface area (Å²) >= 11 is 0. The monoisotopic (exact) mass is 1020 g/mol. The van der Waals surface area contributed by atoms with Crippen LogP contribution in [0.2, 0.25) is 0 Å². The average Bonchev–Trinajstić information content (AvgIpc) is 3.41. The molecular formula is C66H92N6O3. The van der Waals surface area contributed by atoms with Crippen molar-refractivity contribution in [3.05, 3.63) is 217 Å². The van der Waals surface area contributed by atoms with E-state index in [1.165, 1.54) is 35.2 Å². The lowest BCUT2D eigenvalue weighted by Crippen LogP contribution is -2.28. The van der Waals surface area contributed by atoms with E-state index in [2.05, 4.69) is 168 Å². The van der Waals surface area contributed by atoms with Gasteiger partial charge in [0.05, 0.1) is 0 Å². The van der Waals surface area contributed by atoms with Gasteiger partial charge in [-0.3, -0.25) is 0 Å². The zero-order valence-corrected chi connectivity index (χ0v) is 47.0. The van der Waals surface area contributed by atoms with E-state index >= 15 is 0 Å². The summed E-state index contributed by atoms with van der Waals surface area (Å²) in [6.07, 6.45) is 2.41. The Bertz CT molecular complexity index is 2170. The lowest BCUT2D eigenvalue weighted by Gasteiger charge is -2.10. The van der Waals surface area contributed by atoms with E-state index in [1.807, 2.05) is 133 Å². The number of hydrogen-bond acceptors (Lipinski definition) is 9. The lowest BCUT2D eigenvalue weighted by molar-refractivity contribution is 0.309. The minimum Gasteiger partial charge on any atom is -0.492 e. The number of hydrogen-bond donors (Lipinski definition) is 6.